The molecule has 0 aliphatic rings. The SMILES string of the molecule is CNC(c1ccoc1)c1cc(OC)ncn1. The van der Waals surface area contributed by atoms with Crippen molar-refractivity contribution < 1.29 is 9.15 Å². The lowest BCUT2D eigenvalue weighted by atomic mass is 10.1. The maximum absolute atomic E-state index is 5.06. The van der Waals surface area contributed by atoms with Crippen molar-refractivity contribution in [2.45, 2.75) is 6.04 Å². The van der Waals surface area contributed by atoms with Crippen LogP contribution in [0.1, 0.15) is 17.3 Å². The van der Waals surface area contributed by atoms with Gasteiger partial charge in [-0.2, -0.15) is 0 Å². The fourth-order valence-corrected chi connectivity index (χ4v) is 1.55. The van der Waals surface area contributed by atoms with E-state index in [1.807, 2.05) is 13.1 Å². The van der Waals surface area contributed by atoms with Gasteiger partial charge in [-0.3, -0.25) is 0 Å². The predicted molar refractivity (Wildman–Crippen MR) is 58.2 cm³/mol. The van der Waals surface area contributed by atoms with Crippen LogP contribution < -0.4 is 10.1 Å². The normalized spacial score (nSPS) is 12.4. The highest BCUT2D eigenvalue weighted by Gasteiger charge is 2.15. The number of aromatic nitrogens is 2. The van der Waals surface area contributed by atoms with E-state index in [2.05, 4.69) is 15.3 Å². The largest absolute Gasteiger partial charge is 0.481 e. The summed E-state index contributed by atoms with van der Waals surface area (Å²) in [7, 11) is 3.45. The first-order valence-electron chi connectivity index (χ1n) is 4.90. The van der Waals surface area contributed by atoms with Crippen LogP contribution in [0.3, 0.4) is 0 Å². The Hall–Kier alpha value is -1.88. The Morgan fingerprint density at radius 3 is 2.94 bits per heavy atom. The van der Waals surface area contributed by atoms with E-state index in [0.29, 0.717) is 5.88 Å². The van der Waals surface area contributed by atoms with Gasteiger partial charge in [-0.15, -0.1) is 0 Å². The summed E-state index contributed by atoms with van der Waals surface area (Å²) >= 11 is 0. The fourth-order valence-electron chi connectivity index (χ4n) is 1.55. The Labute approximate surface area is 93.5 Å². The Morgan fingerprint density at radius 1 is 1.44 bits per heavy atom. The first-order valence-corrected chi connectivity index (χ1v) is 4.90. The molecule has 5 heteroatoms. The molecule has 2 rings (SSSR count). The summed E-state index contributed by atoms with van der Waals surface area (Å²) in [5.41, 5.74) is 1.86. The summed E-state index contributed by atoms with van der Waals surface area (Å²) in [6, 6.07) is 3.68. The van der Waals surface area contributed by atoms with Gasteiger partial charge in [0.25, 0.3) is 0 Å². The maximum Gasteiger partial charge on any atom is 0.216 e. The van der Waals surface area contributed by atoms with Gasteiger partial charge in [-0.1, -0.05) is 0 Å². The van der Waals surface area contributed by atoms with E-state index in [-0.39, 0.29) is 6.04 Å². The second-order valence-electron chi connectivity index (χ2n) is 3.26. The van der Waals surface area contributed by atoms with Gasteiger partial charge in [0.1, 0.15) is 6.33 Å². The number of hydrogen-bond donors (Lipinski definition) is 1. The predicted octanol–water partition coefficient (Wildman–Crippen LogP) is 1.39. The third kappa shape index (κ3) is 2.04. The Balaban J connectivity index is 2.33. The average molecular weight is 219 g/mol. The van der Waals surface area contributed by atoms with Crippen molar-refractivity contribution in [1.29, 1.82) is 0 Å². The highest BCUT2D eigenvalue weighted by molar-refractivity contribution is 5.26. The maximum atomic E-state index is 5.06. The topological polar surface area (TPSA) is 60.2 Å². The van der Waals surface area contributed by atoms with E-state index in [4.69, 9.17) is 9.15 Å². The minimum absolute atomic E-state index is 0.0179. The molecule has 0 spiro atoms. The second kappa shape index (κ2) is 4.76. The van der Waals surface area contributed by atoms with E-state index >= 15 is 0 Å². The van der Waals surface area contributed by atoms with E-state index in [0.717, 1.165) is 11.3 Å². The van der Waals surface area contributed by atoms with Crippen LogP contribution in [0.25, 0.3) is 0 Å². The van der Waals surface area contributed by atoms with Crippen LogP contribution in [0.5, 0.6) is 5.88 Å². The molecule has 0 amide bonds. The van der Waals surface area contributed by atoms with Crippen molar-refractivity contribution in [3.8, 4) is 5.88 Å². The molecule has 2 aromatic heterocycles. The molecule has 84 valence electrons. The summed E-state index contributed by atoms with van der Waals surface area (Å²) in [5, 5.41) is 3.17. The van der Waals surface area contributed by atoms with Crippen molar-refractivity contribution in [3.05, 3.63) is 42.2 Å². The molecular weight excluding hydrogens is 206 g/mol. The summed E-state index contributed by atoms with van der Waals surface area (Å²) < 4.78 is 10.1. The zero-order valence-electron chi connectivity index (χ0n) is 9.18. The Kier molecular flexibility index (Phi) is 3.16. The van der Waals surface area contributed by atoms with Gasteiger partial charge in [0.2, 0.25) is 5.88 Å². The first kappa shape index (κ1) is 10.6. The van der Waals surface area contributed by atoms with Gasteiger partial charge >= 0.3 is 0 Å². The van der Waals surface area contributed by atoms with Gasteiger partial charge in [-0.05, 0) is 13.1 Å². The molecule has 0 aliphatic carbocycles. The third-order valence-electron chi connectivity index (χ3n) is 2.33. The fraction of sp³-hybridized carbons (Fsp3) is 0.273. The Bertz CT molecular complexity index is 442. The number of methoxy groups -OCH3 is 1. The third-order valence-corrected chi connectivity index (χ3v) is 2.33. The molecule has 0 aliphatic heterocycles. The van der Waals surface area contributed by atoms with Crippen LogP contribution >= 0.6 is 0 Å². The number of furan rings is 1. The molecule has 0 fully saturated rings. The number of hydrogen-bond acceptors (Lipinski definition) is 5. The molecule has 0 saturated carbocycles. The number of nitrogens with one attached hydrogen (secondary N) is 1. The molecule has 5 nitrogen and oxygen atoms in total. The van der Waals surface area contributed by atoms with Crippen LogP contribution in [-0.4, -0.2) is 24.1 Å². The van der Waals surface area contributed by atoms with Crippen molar-refractivity contribution in [2.24, 2.45) is 0 Å². The molecule has 1 N–H and O–H groups in total. The molecule has 2 heterocycles. The first-order chi connectivity index (χ1) is 7.85. The lowest BCUT2D eigenvalue weighted by molar-refractivity contribution is 0.395. The smallest absolute Gasteiger partial charge is 0.216 e. The molecule has 16 heavy (non-hydrogen) atoms. The van der Waals surface area contributed by atoms with Gasteiger partial charge in [-0.25, -0.2) is 9.97 Å². The highest BCUT2D eigenvalue weighted by Crippen LogP contribution is 2.21. The van der Waals surface area contributed by atoms with Gasteiger partial charge in [0.05, 0.1) is 31.4 Å². The van der Waals surface area contributed by atoms with Crippen LogP contribution in [0.15, 0.2) is 35.4 Å². The van der Waals surface area contributed by atoms with E-state index in [9.17, 15) is 0 Å². The van der Waals surface area contributed by atoms with Crippen molar-refractivity contribution in [3.63, 3.8) is 0 Å². The zero-order valence-corrected chi connectivity index (χ0v) is 9.18. The zero-order chi connectivity index (χ0) is 11.4. The minimum atomic E-state index is -0.0179. The van der Waals surface area contributed by atoms with Crippen molar-refractivity contribution in [1.82, 2.24) is 15.3 Å². The van der Waals surface area contributed by atoms with Crippen LogP contribution in [0.2, 0.25) is 0 Å². The van der Waals surface area contributed by atoms with Crippen LogP contribution in [0.4, 0.5) is 0 Å². The van der Waals surface area contributed by atoms with E-state index in [1.54, 1.807) is 25.7 Å². The van der Waals surface area contributed by atoms with E-state index in [1.165, 1.54) is 6.33 Å². The molecule has 0 saturated heterocycles. The van der Waals surface area contributed by atoms with Gasteiger partial charge < -0.3 is 14.5 Å². The quantitative estimate of drug-likeness (QED) is 0.841. The molecule has 0 aromatic carbocycles. The summed E-state index contributed by atoms with van der Waals surface area (Å²) in [6.45, 7) is 0. The summed E-state index contributed by atoms with van der Waals surface area (Å²) in [4.78, 5) is 8.19. The van der Waals surface area contributed by atoms with E-state index < -0.39 is 0 Å². The van der Waals surface area contributed by atoms with Crippen molar-refractivity contribution in [2.75, 3.05) is 14.2 Å². The standard InChI is InChI=1S/C11H13N3O2/c1-12-11(8-3-4-16-6-8)9-5-10(15-2)14-7-13-9/h3-7,11-12H,1-2H3. The summed E-state index contributed by atoms with van der Waals surface area (Å²) in [5.74, 6) is 0.550. The molecule has 0 bridgehead atoms. The molecule has 2 aromatic rings. The van der Waals surface area contributed by atoms with Gasteiger partial charge in [0, 0.05) is 11.6 Å². The second-order valence-corrected chi connectivity index (χ2v) is 3.26. The average Bonchev–Trinajstić information content (AvgIpc) is 2.84. The molecule has 0 radical (unpaired) electrons. The van der Waals surface area contributed by atoms with Crippen LogP contribution in [0, 0.1) is 0 Å². The lowest BCUT2D eigenvalue weighted by Crippen LogP contribution is -2.18. The highest BCUT2D eigenvalue weighted by atomic mass is 16.5. The minimum Gasteiger partial charge on any atom is -0.481 e. The number of ether oxygens (including phenoxy) is 1. The molecule has 1 unspecified atom stereocenters. The number of rotatable bonds is 4. The molecular formula is C11H13N3O2. The Morgan fingerprint density at radius 2 is 2.31 bits per heavy atom. The number of nitrogens with zero attached hydrogens (tertiary/aromatic N) is 2. The van der Waals surface area contributed by atoms with Crippen molar-refractivity contribution >= 4 is 0 Å². The molecule has 1 atom stereocenters. The van der Waals surface area contributed by atoms with Gasteiger partial charge in [0.15, 0.2) is 0 Å². The van der Waals surface area contributed by atoms with Crippen LogP contribution in [-0.2, 0) is 0 Å². The lowest BCUT2D eigenvalue weighted by Gasteiger charge is -2.13. The summed E-state index contributed by atoms with van der Waals surface area (Å²) in [6.07, 6.45) is 4.81. The monoisotopic (exact) mass is 219 g/mol.